The lowest BCUT2D eigenvalue weighted by Gasteiger charge is -2.27. The minimum atomic E-state index is -1.20. The molecular formula is C30H43N5O7. The number of aromatic hydroxyl groups is 2. The van der Waals surface area contributed by atoms with E-state index in [1.807, 2.05) is 0 Å². The maximum Gasteiger partial charge on any atom is 0.326 e. The molecule has 0 spiro atoms. The number of hydrogen-bond donors (Lipinski definition) is 8. The van der Waals surface area contributed by atoms with Crippen LogP contribution in [0, 0.1) is 5.92 Å². The summed E-state index contributed by atoms with van der Waals surface area (Å²) in [5.74, 6) is -3.46. The summed E-state index contributed by atoms with van der Waals surface area (Å²) in [7, 11) is 0. The first kappa shape index (κ1) is 34.0. The molecule has 42 heavy (non-hydrogen) atoms. The van der Waals surface area contributed by atoms with E-state index in [1.165, 1.54) is 24.3 Å². The first-order chi connectivity index (χ1) is 19.9. The van der Waals surface area contributed by atoms with Crippen molar-refractivity contribution >= 4 is 23.7 Å². The zero-order valence-corrected chi connectivity index (χ0v) is 24.1. The Kier molecular flexibility index (Phi) is 13.7. The highest BCUT2D eigenvalue weighted by atomic mass is 16.4. The molecule has 12 nitrogen and oxygen atoms in total. The quantitative estimate of drug-likeness (QED) is 0.124. The zero-order chi connectivity index (χ0) is 31.2. The van der Waals surface area contributed by atoms with Crippen molar-refractivity contribution in [3.63, 3.8) is 0 Å². The van der Waals surface area contributed by atoms with Gasteiger partial charge in [-0.1, -0.05) is 51.0 Å². The Morgan fingerprint density at radius 1 is 0.762 bits per heavy atom. The fourth-order valence-corrected chi connectivity index (χ4v) is 4.28. The average molecular weight is 586 g/mol. The highest BCUT2D eigenvalue weighted by molar-refractivity contribution is 5.94. The average Bonchev–Trinajstić information content (AvgIpc) is 2.96. The summed E-state index contributed by atoms with van der Waals surface area (Å²) < 4.78 is 0. The predicted octanol–water partition coefficient (Wildman–Crippen LogP) is 0.924. The monoisotopic (exact) mass is 585 g/mol. The van der Waals surface area contributed by atoms with Crippen LogP contribution in [0.2, 0.25) is 0 Å². The fraction of sp³-hybridized carbons (Fsp3) is 0.467. The Morgan fingerprint density at radius 2 is 1.21 bits per heavy atom. The second kappa shape index (κ2) is 16.9. The predicted molar refractivity (Wildman–Crippen MR) is 157 cm³/mol. The van der Waals surface area contributed by atoms with Crippen molar-refractivity contribution in [3.05, 3.63) is 59.7 Å². The van der Waals surface area contributed by atoms with E-state index < -0.39 is 47.9 Å². The van der Waals surface area contributed by atoms with E-state index in [-0.39, 0.29) is 30.3 Å². The van der Waals surface area contributed by atoms with Crippen LogP contribution in [0.3, 0.4) is 0 Å². The van der Waals surface area contributed by atoms with Gasteiger partial charge in [-0.15, -0.1) is 0 Å². The Morgan fingerprint density at radius 3 is 1.64 bits per heavy atom. The van der Waals surface area contributed by atoms with Crippen LogP contribution < -0.4 is 27.4 Å². The van der Waals surface area contributed by atoms with Gasteiger partial charge < -0.3 is 42.7 Å². The molecule has 2 aromatic rings. The molecule has 0 fully saturated rings. The van der Waals surface area contributed by atoms with Crippen LogP contribution in [-0.4, -0.2) is 69.7 Å². The molecule has 2 rings (SSSR count). The van der Waals surface area contributed by atoms with Gasteiger partial charge in [0.2, 0.25) is 17.7 Å². The highest BCUT2D eigenvalue weighted by Gasteiger charge is 2.32. The molecule has 5 unspecified atom stereocenters. The number of nitrogens with two attached hydrogens (primary N) is 2. The second-order valence-corrected chi connectivity index (χ2v) is 10.5. The number of unbranched alkanes of at least 4 members (excludes halogenated alkanes) is 1. The number of phenolic OH excluding ortho intramolecular Hbond substituents is 2. The Labute approximate surface area is 245 Å². The van der Waals surface area contributed by atoms with Gasteiger partial charge in [-0.3, -0.25) is 14.4 Å². The Hall–Kier alpha value is -4.16. The molecule has 0 aromatic heterocycles. The lowest BCUT2D eigenvalue weighted by atomic mass is 9.97. The van der Waals surface area contributed by atoms with E-state index >= 15 is 0 Å². The highest BCUT2D eigenvalue weighted by Crippen LogP contribution is 2.15. The molecule has 0 aliphatic rings. The maximum atomic E-state index is 13.6. The van der Waals surface area contributed by atoms with Gasteiger partial charge in [0.05, 0.1) is 6.04 Å². The number of nitrogens with one attached hydrogen (secondary N) is 3. The molecule has 5 atom stereocenters. The molecule has 3 amide bonds. The van der Waals surface area contributed by atoms with Crippen molar-refractivity contribution in [2.45, 2.75) is 76.5 Å². The first-order valence-electron chi connectivity index (χ1n) is 14.1. The normalized spacial score (nSPS) is 14.6. The van der Waals surface area contributed by atoms with E-state index in [1.54, 1.807) is 38.1 Å². The van der Waals surface area contributed by atoms with E-state index in [9.17, 15) is 34.5 Å². The van der Waals surface area contributed by atoms with Crippen LogP contribution in [0.1, 0.15) is 50.7 Å². The SMILES string of the molecule is CCC(C)C(NC(=O)C(Cc1ccc(O)cc1)NC(=O)C(Cc1ccc(O)cc1)NC(=O)C(N)CCCCN)C(=O)O. The standard InChI is InChI=1S/C30H43N5O7/c1-3-18(2)26(30(41)42)35-29(40)25(17-20-9-13-22(37)14-10-20)34-28(39)24(16-19-7-11-21(36)12-8-19)33-27(38)23(32)6-4-5-15-31/h7-14,18,23-26,36-37H,3-6,15-17,31-32H2,1-2H3,(H,33,38)(H,34,39)(H,35,40)(H,41,42). The van der Waals surface area contributed by atoms with Crippen LogP contribution >= 0.6 is 0 Å². The third-order valence-corrected chi connectivity index (χ3v) is 7.10. The molecule has 2 aromatic carbocycles. The summed E-state index contributed by atoms with van der Waals surface area (Å²) >= 11 is 0. The maximum absolute atomic E-state index is 13.6. The number of phenols is 2. The lowest BCUT2D eigenvalue weighted by molar-refractivity contribution is -0.143. The van der Waals surface area contributed by atoms with Crippen molar-refractivity contribution in [2.75, 3.05) is 6.54 Å². The van der Waals surface area contributed by atoms with E-state index in [0.717, 1.165) is 0 Å². The number of carbonyl (C=O) groups is 4. The number of carbonyl (C=O) groups excluding carboxylic acids is 3. The summed E-state index contributed by atoms with van der Waals surface area (Å²) in [6, 6.07) is 7.75. The van der Waals surface area contributed by atoms with Crippen LogP contribution in [0.4, 0.5) is 0 Å². The largest absolute Gasteiger partial charge is 0.508 e. The number of carboxylic acid groups (broad SMARTS) is 1. The van der Waals surface area contributed by atoms with Gasteiger partial charge in [-0.25, -0.2) is 4.79 Å². The van der Waals surface area contributed by atoms with Crippen LogP contribution in [0.25, 0.3) is 0 Å². The summed E-state index contributed by atoms with van der Waals surface area (Å²) in [4.78, 5) is 51.8. The number of carboxylic acids is 1. The number of rotatable bonds is 17. The van der Waals surface area contributed by atoms with Gasteiger partial charge in [0.15, 0.2) is 0 Å². The minimum Gasteiger partial charge on any atom is -0.508 e. The molecule has 12 heteroatoms. The zero-order valence-electron chi connectivity index (χ0n) is 24.1. The molecule has 0 bridgehead atoms. The molecule has 0 heterocycles. The number of aliphatic carboxylic acids is 1. The first-order valence-corrected chi connectivity index (χ1v) is 14.1. The third-order valence-electron chi connectivity index (χ3n) is 7.10. The molecular weight excluding hydrogens is 542 g/mol. The third kappa shape index (κ3) is 11.0. The van der Waals surface area contributed by atoms with Crippen LogP contribution in [0.15, 0.2) is 48.5 Å². The number of benzene rings is 2. The van der Waals surface area contributed by atoms with Gasteiger partial charge in [0, 0.05) is 12.8 Å². The van der Waals surface area contributed by atoms with Gasteiger partial charge >= 0.3 is 5.97 Å². The molecule has 0 aliphatic carbocycles. The van der Waals surface area contributed by atoms with Crippen molar-refractivity contribution < 1.29 is 34.5 Å². The summed E-state index contributed by atoms with van der Waals surface area (Å²) in [5.41, 5.74) is 12.8. The summed E-state index contributed by atoms with van der Waals surface area (Å²) in [6.45, 7) is 3.97. The smallest absolute Gasteiger partial charge is 0.326 e. The molecule has 0 aliphatic heterocycles. The van der Waals surface area contributed by atoms with Crippen molar-refractivity contribution in [1.82, 2.24) is 16.0 Å². The van der Waals surface area contributed by atoms with E-state index in [0.29, 0.717) is 43.4 Å². The van der Waals surface area contributed by atoms with Gasteiger partial charge in [0.1, 0.15) is 29.6 Å². The lowest BCUT2D eigenvalue weighted by Crippen LogP contribution is -2.58. The van der Waals surface area contributed by atoms with Crippen molar-refractivity contribution in [2.24, 2.45) is 17.4 Å². The van der Waals surface area contributed by atoms with Crippen LogP contribution in [0.5, 0.6) is 11.5 Å². The van der Waals surface area contributed by atoms with Crippen molar-refractivity contribution in [3.8, 4) is 11.5 Å². The number of hydrogen-bond acceptors (Lipinski definition) is 8. The molecule has 230 valence electrons. The van der Waals surface area contributed by atoms with Crippen molar-refractivity contribution in [1.29, 1.82) is 0 Å². The molecule has 10 N–H and O–H groups in total. The summed E-state index contributed by atoms with van der Waals surface area (Å²) in [6.07, 6.45) is 2.22. The fourth-order valence-electron chi connectivity index (χ4n) is 4.28. The second-order valence-electron chi connectivity index (χ2n) is 10.5. The van der Waals surface area contributed by atoms with Crippen LogP contribution in [-0.2, 0) is 32.0 Å². The minimum absolute atomic E-state index is 0.0107. The number of amides is 3. The Bertz CT molecular complexity index is 1170. The van der Waals surface area contributed by atoms with Gasteiger partial charge in [0.25, 0.3) is 0 Å². The van der Waals surface area contributed by atoms with E-state index in [2.05, 4.69) is 16.0 Å². The Balaban J connectivity index is 2.33. The van der Waals surface area contributed by atoms with E-state index in [4.69, 9.17) is 11.5 Å². The molecule has 0 radical (unpaired) electrons. The summed E-state index contributed by atoms with van der Waals surface area (Å²) in [5, 5.41) is 36.9. The molecule has 0 saturated heterocycles. The van der Waals surface area contributed by atoms with Gasteiger partial charge in [-0.05, 0) is 60.7 Å². The topological polar surface area (TPSA) is 217 Å². The van der Waals surface area contributed by atoms with Gasteiger partial charge in [-0.2, -0.15) is 0 Å². The molecule has 0 saturated carbocycles.